The topological polar surface area (TPSA) is 119 Å². The Hall–Kier alpha value is -4.64. The van der Waals surface area contributed by atoms with Crippen molar-refractivity contribution >= 4 is 35.0 Å². The molecule has 0 saturated heterocycles. The van der Waals surface area contributed by atoms with Crippen LogP contribution in [0.15, 0.2) is 53.5 Å². The second kappa shape index (κ2) is 12.3. The number of rotatable bonds is 9. The first kappa shape index (κ1) is 28.9. The molecule has 0 bridgehead atoms. The van der Waals surface area contributed by atoms with Crippen LogP contribution in [-0.4, -0.2) is 58.3 Å². The van der Waals surface area contributed by atoms with Crippen molar-refractivity contribution in [3.8, 4) is 39.9 Å². The maximum atomic E-state index is 13.9. The first-order chi connectivity index (χ1) is 18.4. The lowest BCUT2D eigenvalue weighted by Crippen LogP contribution is -2.33. The predicted molar refractivity (Wildman–Crippen MR) is 148 cm³/mol. The van der Waals surface area contributed by atoms with Crippen molar-refractivity contribution < 1.29 is 33.2 Å². The Bertz CT molecular complexity index is 1530. The number of nitrogens with one attached hydrogen (secondary N) is 1. The highest BCUT2D eigenvalue weighted by atomic mass is 35.5. The Labute approximate surface area is 230 Å². The van der Waals surface area contributed by atoms with Crippen LogP contribution < -0.4 is 34.7 Å². The fourth-order valence-corrected chi connectivity index (χ4v) is 4.18. The van der Waals surface area contributed by atoms with E-state index in [1.807, 2.05) is 0 Å². The van der Waals surface area contributed by atoms with E-state index in [0.29, 0.717) is 51.1 Å². The van der Waals surface area contributed by atoms with Gasteiger partial charge in [0.25, 0.3) is 5.56 Å². The number of anilines is 1. The van der Waals surface area contributed by atoms with Crippen LogP contribution in [0.1, 0.15) is 10.5 Å². The SMILES string of the molecule is COC(=O)c1c(-c2cc(OC)c(OC)c(OC)c2)c2cc(OC)c(OC)cc2c(=O)n1Nc1ccccn1.Cl. The van der Waals surface area contributed by atoms with Crippen LogP contribution in [0.5, 0.6) is 28.7 Å². The Kier molecular flexibility index (Phi) is 9.10. The van der Waals surface area contributed by atoms with Crippen LogP contribution >= 0.6 is 12.4 Å². The smallest absolute Gasteiger partial charge is 0.357 e. The number of halogens is 1. The number of benzene rings is 2. The molecule has 0 amide bonds. The summed E-state index contributed by atoms with van der Waals surface area (Å²) < 4.78 is 33.8. The van der Waals surface area contributed by atoms with Gasteiger partial charge in [-0.1, -0.05) is 6.07 Å². The number of carbonyl (C=O) groups excluding carboxylic acids is 1. The normalized spacial score (nSPS) is 10.3. The van der Waals surface area contributed by atoms with Gasteiger partial charge in [-0.2, -0.15) is 0 Å². The Morgan fingerprint density at radius 3 is 1.87 bits per heavy atom. The number of esters is 1. The molecule has 0 aliphatic heterocycles. The van der Waals surface area contributed by atoms with Gasteiger partial charge in [-0.25, -0.2) is 14.5 Å². The number of methoxy groups -OCH3 is 6. The number of nitrogens with zero attached hydrogens (tertiary/aromatic N) is 2. The molecule has 1 N–H and O–H groups in total. The van der Waals surface area contributed by atoms with E-state index in [2.05, 4.69) is 10.4 Å². The van der Waals surface area contributed by atoms with Crippen molar-refractivity contribution in [3.05, 3.63) is 64.7 Å². The van der Waals surface area contributed by atoms with Crippen LogP contribution in [0.4, 0.5) is 5.82 Å². The van der Waals surface area contributed by atoms with E-state index < -0.39 is 11.5 Å². The summed E-state index contributed by atoms with van der Waals surface area (Å²) in [6.07, 6.45) is 1.56. The van der Waals surface area contributed by atoms with Gasteiger partial charge in [-0.05, 0) is 42.0 Å². The number of carbonyl (C=O) groups is 1. The summed E-state index contributed by atoms with van der Waals surface area (Å²) >= 11 is 0. The number of aromatic nitrogens is 2. The molecular formula is C27H28ClN3O8. The summed E-state index contributed by atoms with van der Waals surface area (Å²) in [7, 11) is 8.64. The van der Waals surface area contributed by atoms with Crippen LogP contribution in [0.25, 0.3) is 21.9 Å². The summed E-state index contributed by atoms with van der Waals surface area (Å²) in [5.41, 5.74) is 3.14. The minimum Gasteiger partial charge on any atom is -0.493 e. The highest BCUT2D eigenvalue weighted by molar-refractivity contribution is 6.08. The van der Waals surface area contributed by atoms with Gasteiger partial charge < -0.3 is 28.4 Å². The third kappa shape index (κ3) is 5.21. The average molecular weight is 558 g/mol. The Morgan fingerprint density at radius 2 is 1.38 bits per heavy atom. The third-order valence-corrected chi connectivity index (χ3v) is 5.91. The van der Waals surface area contributed by atoms with Gasteiger partial charge in [0.1, 0.15) is 5.82 Å². The second-order valence-electron chi connectivity index (χ2n) is 7.85. The molecule has 0 fully saturated rings. The second-order valence-corrected chi connectivity index (χ2v) is 7.85. The monoisotopic (exact) mass is 557 g/mol. The van der Waals surface area contributed by atoms with E-state index in [9.17, 15) is 9.59 Å². The van der Waals surface area contributed by atoms with Crippen molar-refractivity contribution in [1.82, 2.24) is 9.66 Å². The van der Waals surface area contributed by atoms with Crippen molar-refractivity contribution in [2.45, 2.75) is 0 Å². The third-order valence-electron chi connectivity index (χ3n) is 5.91. The number of fused-ring (bicyclic) bond motifs is 1. The molecule has 0 saturated carbocycles. The lowest BCUT2D eigenvalue weighted by molar-refractivity contribution is 0.0590. The average Bonchev–Trinajstić information content (AvgIpc) is 2.96. The molecule has 11 nitrogen and oxygen atoms in total. The van der Waals surface area contributed by atoms with Crippen molar-refractivity contribution in [2.24, 2.45) is 0 Å². The fourth-order valence-electron chi connectivity index (χ4n) is 4.18. The van der Waals surface area contributed by atoms with E-state index in [0.717, 1.165) is 4.68 Å². The first-order valence-electron chi connectivity index (χ1n) is 11.3. The van der Waals surface area contributed by atoms with Gasteiger partial charge >= 0.3 is 5.97 Å². The van der Waals surface area contributed by atoms with Crippen LogP contribution in [0.2, 0.25) is 0 Å². The van der Waals surface area contributed by atoms with E-state index in [1.54, 1.807) is 48.7 Å². The largest absolute Gasteiger partial charge is 0.493 e. The zero-order valence-electron chi connectivity index (χ0n) is 22.2. The lowest BCUT2D eigenvalue weighted by Gasteiger charge is -2.21. The minimum absolute atomic E-state index is 0. The van der Waals surface area contributed by atoms with E-state index in [-0.39, 0.29) is 23.5 Å². The molecule has 4 aromatic rings. The van der Waals surface area contributed by atoms with Crippen LogP contribution in [-0.2, 0) is 4.74 Å². The van der Waals surface area contributed by atoms with Gasteiger partial charge in [0.2, 0.25) is 5.75 Å². The zero-order chi connectivity index (χ0) is 27.4. The standard InChI is InChI=1S/C27H27N3O8.ClH/c1-33-18-13-16-17(14-19(18)34-2)26(31)30(29-22-9-7-8-10-28-22)24(27(32)38-6)23(16)15-11-20(35-3)25(37-5)21(12-15)36-4;/h7-14H,1-6H3,(H,28,29);1H. The van der Waals surface area contributed by atoms with Crippen molar-refractivity contribution in [3.63, 3.8) is 0 Å². The summed E-state index contributed by atoms with van der Waals surface area (Å²) in [5, 5.41) is 0.642. The van der Waals surface area contributed by atoms with Gasteiger partial charge in [-0.3, -0.25) is 10.2 Å². The van der Waals surface area contributed by atoms with Crippen LogP contribution in [0.3, 0.4) is 0 Å². The minimum atomic E-state index is -0.772. The van der Waals surface area contributed by atoms with Crippen LogP contribution in [0, 0.1) is 0 Å². The number of ether oxygens (including phenoxy) is 6. The number of pyridine rings is 2. The number of hydrogen-bond acceptors (Lipinski definition) is 10. The quantitative estimate of drug-likeness (QED) is 0.300. The lowest BCUT2D eigenvalue weighted by atomic mass is 9.95. The molecule has 0 unspecified atom stereocenters. The zero-order valence-corrected chi connectivity index (χ0v) is 23.0. The summed E-state index contributed by atoms with van der Waals surface area (Å²) in [6.45, 7) is 0. The maximum Gasteiger partial charge on any atom is 0.357 e. The van der Waals surface area contributed by atoms with Crippen molar-refractivity contribution in [2.75, 3.05) is 48.1 Å². The molecule has 0 spiro atoms. The Morgan fingerprint density at radius 1 is 0.795 bits per heavy atom. The van der Waals surface area contributed by atoms with Gasteiger partial charge in [0, 0.05) is 17.1 Å². The number of hydrogen-bond donors (Lipinski definition) is 1. The molecule has 0 atom stereocenters. The first-order valence-corrected chi connectivity index (χ1v) is 11.3. The molecule has 4 rings (SSSR count). The summed E-state index contributed by atoms with van der Waals surface area (Å²) in [5.74, 6) is 1.31. The molecule has 2 heterocycles. The molecule has 0 radical (unpaired) electrons. The van der Waals surface area contributed by atoms with Crippen molar-refractivity contribution in [1.29, 1.82) is 0 Å². The summed E-state index contributed by atoms with van der Waals surface area (Å²) in [4.78, 5) is 31.4. The highest BCUT2D eigenvalue weighted by Gasteiger charge is 2.28. The molecule has 2 aromatic carbocycles. The molecular weight excluding hydrogens is 530 g/mol. The molecule has 0 aliphatic rings. The molecule has 12 heteroatoms. The van der Waals surface area contributed by atoms with E-state index in [1.165, 1.54) is 42.7 Å². The van der Waals surface area contributed by atoms with Gasteiger partial charge in [-0.15, -0.1) is 12.4 Å². The van der Waals surface area contributed by atoms with E-state index >= 15 is 0 Å². The summed E-state index contributed by atoms with van der Waals surface area (Å²) in [6, 6.07) is 11.7. The highest BCUT2D eigenvalue weighted by Crippen LogP contribution is 2.44. The Balaban J connectivity index is 0.00000420. The van der Waals surface area contributed by atoms with Gasteiger partial charge in [0.05, 0.1) is 48.0 Å². The fraction of sp³-hybridized carbons (Fsp3) is 0.222. The van der Waals surface area contributed by atoms with E-state index in [4.69, 9.17) is 28.4 Å². The molecule has 0 aliphatic carbocycles. The molecule has 39 heavy (non-hydrogen) atoms. The maximum absolute atomic E-state index is 13.9. The molecule has 2 aromatic heterocycles. The molecule has 206 valence electrons. The predicted octanol–water partition coefficient (Wildman–Crippen LogP) is 4.19. The van der Waals surface area contributed by atoms with Gasteiger partial charge in [0.15, 0.2) is 28.7 Å².